The highest BCUT2D eigenvalue weighted by Gasteiger charge is 2.34. The monoisotopic (exact) mass is 433 g/mol. The Balaban J connectivity index is 1.60. The highest BCUT2D eigenvalue weighted by molar-refractivity contribution is 7.89. The maximum atomic E-state index is 13.3. The Morgan fingerprint density at radius 2 is 1.83 bits per heavy atom. The third-order valence-corrected chi connectivity index (χ3v) is 7.78. The smallest absolute Gasteiger partial charge is 0.270 e. The molecule has 0 bridgehead atoms. The molecule has 1 N–H and O–H groups in total. The van der Waals surface area contributed by atoms with Crippen molar-refractivity contribution in [1.29, 1.82) is 0 Å². The molecule has 1 unspecified atom stereocenters. The van der Waals surface area contributed by atoms with E-state index >= 15 is 0 Å². The maximum Gasteiger partial charge on any atom is 0.270 e. The van der Waals surface area contributed by atoms with Gasteiger partial charge in [-0.05, 0) is 49.9 Å². The van der Waals surface area contributed by atoms with Crippen LogP contribution in [0.15, 0.2) is 35.4 Å². The zero-order chi connectivity index (χ0) is 21.3. The van der Waals surface area contributed by atoms with Crippen LogP contribution in [0.25, 0.3) is 0 Å². The van der Waals surface area contributed by atoms with Gasteiger partial charge in [-0.2, -0.15) is 4.31 Å². The van der Waals surface area contributed by atoms with Gasteiger partial charge < -0.3 is 19.4 Å². The molecule has 9 heteroatoms. The van der Waals surface area contributed by atoms with Crippen LogP contribution in [0.3, 0.4) is 0 Å². The highest BCUT2D eigenvalue weighted by Crippen LogP contribution is 2.39. The molecule has 2 aliphatic rings. The number of aromatic amines is 1. The van der Waals surface area contributed by atoms with Crippen molar-refractivity contribution in [2.24, 2.45) is 0 Å². The number of hydrogen-bond acceptors (Lipinski definition) is 5. The summed E-state index contributed by atoms with van der Waals surface area (Å²) in [6.07, 6.45) is 4.81. The van der Waals surface area contributed by atoms with Crippen LogP contribution in [0, 0.1) is 0 Å². The number of nitrogens with one attached hydrogen (secondary N) is 1. The van der Waals surface area contributed by atoms with Gasteiger partial charge in [0.1, 0.15) is 22.1 Å². The van der Waals surface area contributed by atoms with E-state index in [0.717, 1.165) is 31.2 Å². The molecule has 8 nitrogen and oxygen atoms in total. The van der Waals surface area contributed by atoms with Crippen LogP contribution in [-0.2, 0) is 10.0 Å². The number of sulfonamides is 1. The Kier molecular flexibility index (Phi) is 5.75. The molecule has 162 valence electrons. The minimum atomic E-state index is -3.57. The van der Waals surface area contributed by atoms with Gasteiger partial charge >= 0.3 is 0 Å². The standard InChI is InChI=1S/C21H27N3O5S/c1-28-15-7-8-20(29-2)17(12-15)19-6-5-11-24(19)21(25)18-13-16(14-22-18)30(26,27)23-9-3-4-10-23/h7-8,12-14,19,22H,3-6,9-11H2,1-2H3. The predicted molar refractivity (Wildman–Crippen MR) is 111 cm³/mol. The minimum absolute atomic E-state index is 0.141. The summed E-state index contributed by atoms with van der Waals surface area (Å²) in [4.78, 5) is 18.1. The maximum absolute atomic E-state index is 13.3. The Bertz CT molecular complexity index is 1030. The number of nitrogens with zero attached hydrogens (tertiary/aromatic N) is 2. The van der Waals surface area contributed by atoms with Gasteiger partial charge in [-0.1, -0.05) is 0 Å². The van der Waals surface area contributed by atoms with Gasteiger partial charge in [0, 0.05) is 31.4 Å². The molecule has 1 aromatic heterocycles. The number of carbonyl (C=O) groups is 1. The van der Waals surface area contributed by atoms with Gasteiger partial charge in [0.15, 0.2) is 0 Å². The fraction of sp³-hybridized carbons (Fsp3) is 0.476. The molecular weight excluding hydrogens is 406 g/mol. The molecule has 1 atom stereocenters. The number of carbonyl (C=O) groups excluding carboxylic acids is 1. The fourth-order valence-electron chi connectivity index (χ4n) is 4.31. The quantitative estimate of drug-likeness (QED) is 0.756. The van der Waals surface area contributed by atoms with Crippen molar-refractivity contribution in [2.75, 3.05) is 33.9 Å². The molecule has 1 amide bonds. The van der Waals surface area contributed by atoms with E-state index in [2.05, 4.69) is 4.98 Å². The van der Waals surface area contributed by atoms with Gasteiger partial charge in [0.25, 0.3) is 5.91 Å². The lowest BCUT2D eigenvalue weighted by Gasteiger charge is -2.26. The van der Waals surface area contributed by atoms with Crippen LogP contribution >= 0.6 is 0 Å². The molecule has 2 fully saturated rings. The van der Waals surface area contributed by atoms with Gasteiger partial charge in [-0.15, -0.1) is 0 Å². The molecule has 2 saturated heterocycles. The fourth-order valence-corrected chi connectivity index (χ4v) is 5.82. The minimum Gasteiger partial charge on any atom is -0.497 e. The number of likely N-dealkylation sites (tertiary alicyclic amines) is 1. The normalized spacial score (nSPS) is 19.9. The molecule has 2 aromatic rings. The average Bonchev–Trinajstić information content (AvgIpc) is 3.53. The topological polar surface area (TPSA) is 91.9 Å². The van der Waals surface area contributed by atoms with Gasteiger partial charge in [-0.3, -0.25) is 4.79 Å². The number of rotatable bonds is 6. The number of ether oxygens (including phenoxy) is 2. The lowest BCUT2D eigenvalue weighted by molar-refractivity contribution is 0.0728. The molecule has 0 spiro atoms. The van der Waals surface area contributed by atoms with E-state index in [1.807, 2.05) is 18.2 Å². The van der Waals surface area contributed by atoms with Crippen LogP contribution in [-0.4, -0.2) is 62.4 Å². The van der Waals surface area contributed by atoms with Crippen LogP contribution in [0.5, 0.6) is 11.5 Å². The summed E-state index contributed by atoms with van der Waals surface area (Å²) in [6, 6.07) is 6.85. The van der Waals surface area contributed by atoms with Crippen molar-refractivity contribution in [2.45, 2.75) is 36.6 Å². The van der Waals surface area contributed by atoms with Crippen LogP contribution in [0.1, 0.15) is 47.8 Å². The largest absolute Gasteiger partial charge is 0.497 e. The van der Waals surface area contributed by atoms with Crippen molar-refractivity contribution >= 4 is 15.9 Å². The highest BCUT2D eigenvalue weighted by atomic mass is 32.2. The summed E-state index contributed by atoms with van der Waals surface area (Å²) < 4.78 is 37.9. The van der Waals surface area contributed by atoms with Crippen LogP contribution in [0.2, 0.25) is 0 Å². The summed E-state index contributed by atoms with van der Waals surface area (Å²) >= 11 is 0. The number of methoxy groups -OCH3 is 2. The molecule has 0 aliphatic carbocycles. The molecule has 4 rings (SSSR count). The molecule has 1 aromatic carbocycles. The zero-order valence-electron chi connectivity index (χ0n) is 17.3. The van der Waals surface area contributed by atoms with E-state index in [0.29, 0.717) is 31.1 Å². The summed E-state index contributed by atoms with van der Waals surface area (Å²) in [5.41, 5.74) is 1.17. The zero-order valence-corrected chi connectivity index (χ0v) is 18.1. The summed E-state index contributed by atoms with van der Waals surface area (Å²) in [7, 11) is -0.360. The number of benzene rings is 1. The molecule has 30 heavy (non-hydrogen) atoms. The summed E-state index contributed by atoms with van der Waals surface area (Å²) in [6.45, 7) is 1.65. The van der Waals surface area contributed by atoms with E-state index < -0.39 is 10.0 Å². The second kappa shape index (κ2) is 8.31. The lowest BCUT2D eigenvalue weighted by atomic mass is 10.0. The number of hydrogen-bond donors (Lipinski definition) is 1. The van der Waals surface area contributed by atoms with Crippen molar-refractivity contribution in [1.82, 2.24) is 14.2 Å². The number of amides is 1. The van der Waals surface area contributed by atoms with Gasteiger partial charge in [-0.25, -0.2) is 8.42 Å². The first-order chi connectivity index (χ1) is 14.5. The second-order valence-electron chi connectivity index (χ2n) is 7.62. The number of aromatic nitrogens is 1. The average molecular weight is 434 g/mol. The Hall–Kier alpha value is -2.52. The number of H-pyrrole nitrogens is 1. The Morgan fingerprint density at radius 1 is 1.07 bits per heavy atom. The first kappa shape index (κ1) is 20.7. The summed E-state index contributed by atoms with van der Waals surface area (Å²) in [5.74, 6) is 1.18. The van der Waals surface area contributed by atoms with E-state index in [1.54, 1.807) is 19.1 Å². The van der Waals surface area contributed by atoms with Crippen molar-refractivity contribution < 1.29 is 22.7 Å². The van der Waals surface area contributed by atoms with Crippen LogP contribution < -0.4 is 9.47 Å². The van der Waals surface area contributed by atoms with E-state index in [4.69, 9.17) is 9.47 Å². The van der Waals surface area contributed by atoms with Crippen molar-refractivity contribution in [3.05, 3.63) is 41.7 Å². The first-order valence-corrected chi connectivity index (χ1v) is 11.6. The molecular formula is C21H27N3O5S. The molecule has 2 aliphatic heterocycles. The van der Waals surface area contributed by atoms with Gasteiger partial charge in [0.2, 0.25) is 10.0 Å². The van der Waals surface area contributed by atoms with Crippen molar-refractivity contribution in [3.63, 3.8) is 0 Å². The SMILES string of the molecule is COc1ccc(OC)c(C2CCCN2C(=O)c2cc(S(=O)(=O)N3CCCC3)c[nH]2)c1. The molecule has 0 saturated carbocycles. The molecule has 3 heterocycles. The van der Waals surface area contributed by atoms with E-state index in [9.17, 15) is 13.2 Å². The Morgan fingerprint density at radius 3 is 2.53 bits per heavy atom. The van der Waals surface area contributed by atoms with E-state index in [1.165, 1.54) is 16.6 Å². The first-order valence-electron chi connectivity index (χ1n) is 10.2. The second-order valence-corrected chi connectivity index (χ2v) is 9.56. The lowest BCUT2D eigenvalue weighted by Crippen LogP contribution is -2.31. The third-order valence-electron chi connectivity index (χ3n) is 5.90. The van der Waals surface area contributed by atoms with E-state index in [-0.39, 0.29) is 22.5 Å². The van der Waals surface area contributed by atoms with Crippen LogP contribution in [0.4, 0.5) is 0 Å². The third kappa shape index (κ3) is 3.67. The van der Waals surface area contributed by atoms with Gasteiger partial charge in [0.05, 0.1) is 20.3 Å². The Labute approximate surface area is 176 Å². The van der Waals surface area contributed by atoms with Crippen molar-refractivity contribution in [3.8, 4) is 11.5 Å². The molecule has 0 radical (unpaired) electrons. The summed E-state index contributed by atoms with van der Waals surface area (Å²) in [5, 5.41) is 0. The predicted octanol–water partition coefficient (Wildman–Crippen LogP) is 2.79.